The van der Waals surface area contributed by atoms with Gasteiger partial charge in [-0.2, -0.15) is 0 Å². The minimum absolute atomic E-state index is 0.0202. The summed E-state index contributed by atoms with van der Waals surface area (Å²) in [5.41, 5.74) is 1.33. The van der Waals surface area contributed by atoms with Crippen molar-refractivity contribution in [3.8, 4) is 23.0 Å². The number of halogens is 1. The van der Waals surface area contributed by atoms with Crippen molar-refractivity contribution in [2.45, 2.75) is 19.9 Å². The lowest BCUT2D eigenvalue weighted by atomic mass is 9.94. The zero-order chi connectivity index (χ0) is 32.0. The van der Waals surface area contributed by atoms with Crippen LogP contribution in [0.4, 0.5) is 0 Å². The van der Waals surface area contributed by atoms with E-state index < -0.39 is 24.6 Å². The molecule has 0 aliphatic carbocycles. The number of carbonyl (C=O) groups is 2. The van der Waals surface area contributed by atoms with Crippen LogP contribution in [0.25, 0.3) is 6.08 Å². The first-order chi connectivity index (χ1) is 21.1. The topological polar surface area (TPSA) is 144 Å². The Morgan fingerprint density at radius 3 is 2.50 bits per heavy atom. The third-order valence-corrected chi connectivity index (χ3v) is 8.25. The average molecular weight is 739 g/mol. The molecule has 0 saturated heterocycles. The van der Waals surface area contributed by atoms with Gasteiger partial charge in [-0.1, -0.05) is 23.5 Å². The zero-order valence-electron chi connectivity index (χ0n) is 24.7. The molecule has 14 heteroatoms. The lowest BCUT2D eigenvalue weighted by Gasteiger charge is -2.27. The standard InChI is InChI=1S/C30H31IN2O10S/c1-6-41-26-18(8-7-9-20(26)39-4)25-24(29(37)42-11-10-38-3)16(2)32-30-33(25)28(36)22(44-30)14-17-12-19(31)27(21(13-17)40-5)43-15-23(34)35/h7-9,12-14,25H,6,10-11,15H2,1-5H3,(H,34,35)/b22-14+/t25-/m1/s1. The maximum Gasteiger partial charge on any atom is 0.341 e. The molecule has 2 aromatic carbocycles. The smallest absolute Gasteiger partial charge is 0.341 e. The molecular weight excluding hydrogens is 707 g/mol. The molecule has 1 aliphatic heterocycles. The number of aromatic nitrogens is 1. The largest absolute Gasteiger partial charge is 0.493 e. The molecule has 0 fully saturated rings. The minimum atomic E-state index is -1.12. The maximum atomic E-state index is 14.1. The second-order valence-corrected chi connectivity index (χ2v) is 11.4. The van der Waals surface area contributed by atoms with Gasteiger partial charge in [-0.15, -0.1) is 0 Å². The van der Waals surface area contributed by atoms with Crippen LogP contribution >= 0.6 is 33.9 Å². The van der Waals surface area contributed by atoms with E-state index in [1.165, 1.54) is 25.9 Å². The van der Waals surface area contributed by atoms with Crippen LogP contribution < -0.4 is 33.8 Å². The number of aliphatic carboxylic acids is 1. The van der Waals surface area contributed by atoms with Gasteiger partial charge >= 0.3 is 11.9 Å². The number of nitrogens with zero attached hydrogens (tertiary/aromatic N) is 2. The van der Waals surface area contributed by atoms with Gasteiger partial charge < -0.3 is 33.5 Å². The molecule has 4 rings (SSSR count). The lowest BCUT2D eigenvalue weighted by Crippen LogP contribution is -2.40. The summed E-state index contributed by atoms with van der Waals surface area (Å²) < 4.78 is 35.3. The number of hydrogen-bond donors (Lipinski definition) is 1. The van der Waals surface area contributed by atoms with Gasteiger partial charge in [0.1, 0.15) is 12.6 Å². The second kappa shape index (κ2) is 14.7. The summed E-state index contributed by atoms with van der Waals surface area (Å²) in [6.45, 7) is 3.53. The Balaban J connectivity index is 1.93. The van der Waals surface area contributed by atoms with Crippen molar-refractivity contribution >= 4 is 51.9 Å². The van der Waals surface area contributed by atoms with Crippen molar-refractivity contribution in [3.63, 3.8) is 0 Å². The van der Waals surface area contributed by atoms with Crippen molar-refractivity contribution in [2.75, 3.05) is 47.8 Å². The molecule has 2 heterocycles. The van der Waals surface area contributed by atoms with Gasteiger partial charge in [0.05, 0.1) is 46.8 Å². The number of carboxylic acids is 1. The van der Waals surface area contributed by atoms with E-state index in [0.29, 0.717) is 53.6 Å². The van der Waals surface area contributed by atoms with Crippen LogP contribution in [-0.2, 0) is 19.1 Å². The summed E-state index contributed by atoms with van der Waals surface area (Å²) in [7, 11) is 4.46. The SMILES string of the molecule is CCOc1c(OC)cccc1[C@@H]1C(C(=O)OCCOC)=C(C)N=c2s/c(=C/c3cc(I)c(OCC(=O)O)c(OC)c3)c(=O)n21. The van der Waals surface area contributed by atoms with Gasteiger partial charge in [0, 0.05) is 12.7 Å². The molecule has 1 aliphatic rings. The Morgan fingerprint density at radius 2 is 1.84 bits per heavy atom. The number of carboxylic acid groups (broad SMARTS) is 1. The van der Waals surface area contributed by atoms with Crippen LogP contribution in [-0.4, -0.2) is 69.4 Å². The predicted molar refractivity (Wildman–Crippen MR) is 170 cm³/mol. The first-order valence-electron chi connectivity index (χ1n) is 13.3. The quantitative estimate of drug-likeness (QED) is 0.158. The van der Waals surface area contributed by atoms with Gasteiger partial charge in [0.25, 0.3) is 5.56 Å². The van der Waals surface area contributed by atoms with Crippen LogP contribution in [0.1, 0.15) is 31.0 Å². The van der Waals surface area contributed by atoms with Crippen LogP contribution in [0.2, 0.25) is 0 Å². The lowest BCUT2D eigenvalue weighted by molar-refractivity contribution is -0.141. The fraction of sp³-hybridized carbons (Fsp3) is 0.333. The van der Waals surface area contributed by atoms with Gasteiger partial charge in [-0.25, -0.2) is 14.6 Å². The zero-order valence-corrected chi connectivity index (χ0v) is 27.6. The van der Waals surface area contributed by atoms with Crippen molar-refractivity contribution < 1.29 is 43.1 Å². The molecule has 0 radical (unpaired) electrons. The van der Waals surface area contributed by atoms with Crippen molar-refractivity contribution in [1.29, 1.82) is 0 Å². The second-order valence-electron chi connectivity index (χ2n) is 9.24. The Kier molecular flexibility index (Phi) is 11.0. The molecule has 0 saturated carbocycles. The number of rotatable bonds is 13. The highest BCUT2D eigenvalue weighted by Crippen LogP contribution is 2.41. The number of allylic oxidation sites excluding steroid dienone is 1. The van der Waals surface area contributed by atoms with E-state index in [0.717, 1.165) is 11.3 Å². The fourth-order valence-corrected chi connectivity index (χ4v) is 6.46. The van der Waals surface area contributed by atoms with E-state index in [1.54, 1.807) is 43.3 Å². The average Bonchev–Trinajstić information content (AvgIpc) is 3.29. The van der Waals surface area contributed by atoms with Gasteiger partial charge in [0.15, 0.2) is 34.4 Å². The summed E-state index contributed by atoms with van der Waals surface area (Å²) in [6, 6.07) is 7.74. The molecule has 1 N–H and O–H groups in total. The molecule has 0 bridgehead atoms. The molecule has 234 valence electrons. The Morgan fingerprint density at radius 1 is 1.09 bits per heavy atom. The Bertz CT molecular complexity index is 1780. The van der Waals surface area contributed by atoms with E-state index in [9.17, 15) is 14.4 Å². The summed E-state index contributed by atoms with van der Waals surface area (Å²) in [5, 5.41) is 9.02. The van der Waals surface area contributed by atoms with Gasteiger partial charge in [-0.05, 0) is 66.3 Å². The summed E-state index contributed by atoms with van der Waals surface area (Å²) in [4.78, 5) is 43.7. The first-order valence-corrected chi connectivity index (χ1v) is 15.2. The molecule has 1 aromatic heterocycles. The van der Waals surface area contributed by atoms with E-state index in [2.05, 4.69) is 4.99 Å². The fourth-order valence-electron chi connectivity index (χ4n) is 4.63. The maximum absolute atomic E-state index is 14.1. The van der Waals surface area contributed by atoms with Crippen molar-refractivity contribution in [1.82, 2.24) is 4.57 Å². The third kappa shape index (κ3) is 6.92. The first kappa shape index (κ1) is 33.0. The number of fused-ring (bicyclic) bond motifs is 1. The van der Waals surface area contributed by atoms with Gasteiger partial charge in [-0.3, -0.25) is 9.36 Å². The molecule has 1 atom stereocenters. The molecule has 0 amide bonds. The number of benzene rings is 2. The van der Waals surface area contributed by atoms with Crippen molar-refractivity contribution in [3.05, 3.63) is 76.0 Å². The number of para-hydroxylation sites is 1. The highest BCUT2D eigenvalue weighted by atomic mass is 127. The Hall–Kier alpha value is -3.89. The molecule has 0 unspecified atom stereocenters. The molecule has 44 heavy (non-hydrogen) atoms. The summed E-state index contributed by atoms with van der Waals surface area (Å²) >= 11 is 3.17. The number of ether oxygens (including phenoxy) is 6. The van der Waals surface area contributed by atoms with Gasteiger partial charge in [0.2, 0.25) is 0 Å². The molecular formula is C30H31IN2O10S. The third-order valence-electron chi connectivity index (χ3n) is 6.46. The molecule has 3 aromatic rings. The Labute approximate surface area is 270 Å². The number of carbonyl (C=O) groups excluding carboxylic acids is 1. The van der Waals surface area contributed by atoms with Crippen LogP contribution in [0.5, 0.6) is 23.0 Å². The molecule has 12 nitrogen and oxygen atoms in total. The van der Waals surface area contributed by atoms with E-state index >= 15 is 0 Å². The van der Waals surface area contributed by atoms with E-state index in [-0.39, 0.29) is 30.1 Å². The summed E-state index contributed by atoms with van der Waals surface area (Å²) in [6.07, 6.45) is 1.68. The number of esters is 1. The normalized spacial score (nSPS) is 14.5. The van der Waals surface area contributed by atoms with Crippen molar-refractivity contribution in [2.24, 2.45) is 4.99 Å². The molecule has 0 spiro atoms. The summed E-state index contributed by atoms with van der Waals surface area (Å²) in [5.74, 6) is -0.328. The monoisotopic (exact) mass is 738 g/mol. The number of methoxy groups -OCH3 is 3. The highest BCUT2D eigenvalue weighted by Gasteiger charge is 2.36. The number of thiazole rings is 1. The predicted octanol–water partition coefficient (Wildman–Crippen LogP) is 2.91. The highest BCUT2D eigenvalue weighted by molar-refractivity contribution is 14.1. The van der Waals surface area contributed by atoms with E-state index in [4.69, 9.17) is 33.5 Å². The van der Waals surface area contributed by atoms with Crippen LogP contribution in [0.15, 0.2) is 51.4 Å². The van der Waals surface area contributed by atoms with E-state index in [1.807, 2.05) is 29.5 Å². The van der Waals surface area contributed by atoms with Crippen LogP contribution in [0, 0.1) is 3.57 Å². The number of hydrogen-bond acceptors (Lipinski definition) is 11. The minimum Gasteiger partial charge on any atom is -0.493 e. The van der Waals surface area contributed by atoms with Crippen LogP contribution in [0.3, 0.4) is 0 Å².